The van der Waals surface area contributed by atoms with E-state index >= 15 is 0 Å². The molecule has 1 aliphatic carbocycles. The number of aromatic nitrogens is 1. The van der Waals surface area contributed by atoms with Crippen molar-refractivity contribution in [3.05, 3.63) is 46.9 Å². The van der Waals surface area contributed by atoms with Crippen molar-refractivity contribution in [1.29, 1.82) is 0 Å². The maximum Gasteiger partial charge on any atom is 0.234 e. The molecule has 2 bridgehead atoms. The minimum atomic E-state index is -0.256. The lowest BCUT2D eigenvalue weighted by Crippen LogP contribution is -2.55. The largest absolute Gasteiger partial charge is 0.490 e. The van der Waals surface area contributed by atoms with Crippen molar-refractivity contribution in [3.8, 4) is 5.75 Å². The van der Waals surface area contributed by atoms with Gasteiger partial charge >= 0.3 is 0 Å². The number of piperidine rings is 1. The third-order valence-corrected chi connectivity index (χ3v) is 7.81. The van der Waals surface area contributed by atoms with Gasteiger partial charge in [-0.2, -0.15) is 0 Å². The van der Waals surface area contributed by atoms with Gasteiger partial charge in [-0.25, -0.2) is 0 Å². The molecular formula is C22H26N2O2S. The fourth-order valence-electron chi connectivity index (χ4n) is 5.51. The van der Waals surface area contributed by atoms with Crippen LogP contribution >= 0.6 is 11.3 Å². The number of carbonyl (C=O) groups is 1. The van der Waals surface area contributed by atoms with Gasteiger partial charge in [0.1, 0.15) is 11.9 Å². The van der Waals surface area contributed by atoms with Crippen LogP contribution in [0.15, 0.2) is 42.0 Å². The Bertz CT molecular complexity index is 772. The number of hydrogen-bond acceptors (Lipinski definition) is 4. The summed E-state index contributed by atoms with van der Waals surface area (Å²) in [7, 11) is 0. The number of thiophene rings is 1. The van der Waals surface area contributed by atoms with Crippen molar-refractivity contribution >= 4 is 17.2 Å². The molecule has 2 unspecified atom stereocenters. The number of ether oxygens (including phenoxy) is 1. The van der Waals surface area contributed by atoms with Gasteiger partial charge in [-0.3, -0.25) is 9.78 Å². The van der Waals surface area contributed by atoms with Crippen LogP contribution in [0.25, 0.3) is 0 Å². The Hall–Kier alpha value is -1.88. The first-order valence-corrected chi connectivity index (χ1v) is 11.1. The molecule has 1 saturated carbocycles. The Morgan fingerprint density at radius 2 is 1.81 bits per heavy atom. The molecular weight excluding hydrogens is 356 g/mol. The van der Waals surface area contributed by atoms with E-state index in [0.717, 1.165) is 44.3 Å². The zero-order valence-electron chi connectivity index (χ0n) is 15.5. The van der Waals surface area contributed by atoms with Gasteiger partial charge in [-0.1, -0.05) is 18.9 Å². The Morgan fingerprint density at radius 1 is 1.11 bits per heavy atom. The van der Waals surface area contributed by atoms with Crippen LogP contribution in [0.2, 0.25) is 0 Å². The highest BCUT2D eigenvalue weighted by Gasteiger charge is 2.52. The summed E-state index contributed by atoms with van der Waals surface area (Å²) in [6.45, 7) is 0. The van der Waals surface area contributed by atoms with Gasteiger partial charge < -0.3 is 9.64 Å². The molecule has 3 aliphatic rings. The molecule has 0 aromatic carbocycles. The first-order chi connectivity index (χ1) is 13.3. The predicted octanol–water partition coefficient (Wildman–Crippen LogP) is 4.56. The minimum Gasteiger partial charge on any atom is -0.490 e. The van der Waals surface area contributed by atoms with Crippen LogP contribution in [0.1, 0.15) is 56.2 Å². The molecule has 5 heteroatoms. The number of hydrogen-bond donors (Lipinski definition) is 0. The lowest BCUT2D eigenvalue weighted by atomic mass is 9.81. The number of fused-ring (bicyclic) bond motifs is 2. The molecule has 142 valence electrons. The summed E-state index contributed by atoms with van der Waals surface area (Å²) in [5.74, 6) is 1.29. The number of nitrogens with zero attached hydrogens (tertiary/aromatic N) is 2. The van der Waals surface area contributed by atoms with Crippen molar-refractivity contribution in [2.75, 3.05) is 0 Å². The fraction of sp³-hybridized carbons (Fsp3) is 0.545. The molecule has 2 aromatic heterocycles. The summed E-state index contributed by atoms with van der Waals surface area (Å²) in [6.07, 6.45) is 12.2. The van der Waals surface area contributed by atoms with Gasteiger partial charge in [0.2, 0.25) is 5.91 Å². The molecule has 2 aliphatic heterocycles. The zero-order valence-corrected chi connectivity index (χ0v) is 16.4. The van der Waals surface area contributed by atoms with E-state index in [1.165, 1.54) is 17.7 Å². The number of pyridine rings is 1. The summed E-state index contributed by atoms with van der Waals surface area (Å²) in [5, 5.41) is 2.12. The molecule has 0 N–H and O–H groups in total. The summed E-state index contributed by atoms with van der Waals surface area (Å²) in [4.78, 5) is 21.4. The summed E-state index contributed by atoms with van der Waals surface area (Å²) >= 11 is 1.76. The predicted molar refractivity (Wildman–Crippen MR) is 106 cm³/mol. The van der Waals surface area contributed by atoms with E-state index in [2.05, 4.69) is 27.4 Å². The van der Waals surface area contributed by atoms with Gasteiger partial charge in [-0.05, 0) is 49.3 Å². The maximum atomic E-state index is 13.8. The first-order valence-electron chi connectivity index (χ1n) is 10.2. The van der Waals surface area contributed by atoms with E-state index in [9.17, 15) is 4.79 Å². The van der Waals surface area contributed by atoms with E-state index < -0.39 is 0 Å². The quantitative estimate of drug-likeness (QED) is 0.779. The van der Waals surface area contributed by atoms with Gasteiger partial charge in [0.25, 0.3) is 0 Å². The smallest absolute Gasteiger partial charge is 0.234 e. The third-order valence-electron chi connectivity index (χ3n) is 6.74. The average Bonchev–Trinajstić information content (AvgIpc) is 3.42. The van der Waals surface area contributed by atoms with Crippen LogP contribution < -0.4 is 4.74 Å². The third kappa shape index (κ3) is 2.96. The molecule has 2 atom stereocenters. The Balaban J connectivity index is 1.35. The molecule has 1 amide bonds. The van der Waals surface area contributed by atoms with Gasteiger partial charge in [-0.15, -0.1) is 11.3 Å². The van der Waals surface area contributed by atoms with Crippen molar-refractivity contribution in [2.45, 2.75) is 75.0 Å². The molecule has 27 heavy (non-hydrogen) atoms. The molecule has 0 radical (unpaired) electrons. The average molecular weight is 383 g/mol. The van der Waals surface area contributed by atoms with E-state index in [4.69, 9.17) is 4.74 Å². The van der Waals surface area contributed by atoms with Crippen LogP contribution in [-0.2, 0) is 10.2 Å². The van der Waals surface area contributed by atoms with Crippen LogP contribution in [-0.4, -0.2) is 34.0 Å². The monoisotopic (exact) mass is 382 g/mol. The standard InChI is InChI=1S/C22H26N2O2S/c25-21(22(9-1-2-10-22)20-4-3-13-27-20)24-16-5-6-17(24)15-19(14-16)26-18-7-11-23-12-8-18/h3-4,7-8,11-13,16-17,19H,1-2,5-6,9-10,14-15H2. The van der Waals surface area contributed by atoms with E-state index in [-0.39, 0.29) is 11.5 Å². The minimum absolute atomic E-state index is 0.204. The molecule has 4 nitrogen and oxygen atoms in total. The second-order valence-corrected chi connectivity index (χ2v) is 9.21. The highest BCUT2D eigenvalue weighted by Crippen LogP contribution is 2.48. The SMILES string of the molecule is O=C(N1C2CCC1CC(Oc1ccncc1)C2)C1(c2cccs2)CCCC1. The molecule has 0 spiro atoms. The van der Waals surface area contributed by atoms with Gasteiger partial charge in [0.15, 0.2) is 0 Å². The zero-order chi connectivity index (χ0) is 18.3. The van der Waals surface area contributed by atoms with Crippen LogP contribution in [0.3, 0.4) is 0 Å². The lowest BCUT2D eigenvalue weighted by molar-refractivity contribution is -0.143. The summed E-state index contributed by atoms with van der Waals surface area (Å²) < 4.78 is 6.21. The Kier molecular flexibility index (Phi) is 4.43. The normalized spacial score (nSPS) is 29.0. The molecule has 4 heterocycles. The number of carbonyl (C=O) groups excluding carboxylic acids is 1. The number of rotatable bonds is 4. The molecule has 5 rings (SSSR count). The second kappa shape index (κ2) is 6.93. The lowest BCUT2D eigenvalue weighted by Gasteiger charge is -2.43. The summed E-state index contributed by atoms with van der Waals surface area (Å²) in [6, 6.07) is 8.78. The molecule has 2 aromatic rings. The topological polar surface area (TPSA) is 42.4 Å². The second-order valence-electron chi connectivity index (χ2n) is 8.26. The molecule has 3 fully saturated rings. The van der Waals surface area contributed by atoms with Crippen LogP contribution in [0.5, 0.6) is 5.75 Å². The van der Waals surface area contributed by atoms with Crippen LogP contribution in [0, 0.1) is 0 Å². The van der Waals surface area contributed by atoms with Gasteiger partial charge in [0, 0.05) is 42.2 Å². The van der Waals surface area contributed by atoms with Crippen molar-refractivity contribution in [1.82, 2.24) is 9.88 Å². The highest BCUT2D eigenvalue weighted by molar-refractivity contribution is 7.10. The van der Waals surface area contributed by atoms with Crippen LogP contribution in [0.4, 0.5) is 0 Å². The van der Waals surface area contributed by atoms with E-state index in [1.54, 1.807) is 23.7 Å². The van der Waals surface area contributed by atoms with Crippen molar-refractivity contribution in [2.24, 2.45) is 0 Å². The fourth-order valence-corrected chi connectivity index (χ4v) is 6.48. The van der Waals surface area contributed by atoms with E-state index in [1.807, 2.05) is 12.1 Å². The summed E-state index contributed by atoms with van der Waals surface area (Å²) in [5.41, 5.74) is -0.256. The van der Waals surface area contributed by atoms with Gasteiger partial charge in [0.05, 0.1) is 5.41 Å². The Morgan fingerprint density at radius 3 is 2.44 bits per heavy atom. The number of amides is 1. The van der Waals surface area contributed by atoms with E-state index in [0.29, 0.717) is 18.0 Å². The highest BCUT2D eigenvalue weighted by atomic mass is 32.1. The van der Waals surface area contributed by atoms with Crippen molar-refractivity contribution < 1.29 is 9.53 Å². The Labute approximate surface area is 164 Å². The first kappa shape index (κ1) is 17.2. The molecule has 2 saturated heterocycles. The van der Waals surface area contributed by atoms with Crippen molar-refractivity contribution in [3.63, 3.8) is 0 Å². The maximum absolute atomic E-state index is 13.8.